The number of aromatic nitrogens is 2. The van der Waals surface area contributed by atoms with E-state index in [0.29, 0.717) is 21.9 Å². The molecule has 0 bridgehead atoms. The standard InChI is InChI=1S/C19H18N4O3S/c1-12-21-16(18(24)23(2)15-7-9-20-10-8-15)17(27-12)22-14-6-4-5-13(11-14)19(25)26-3/h4-11,22H,1-3H3. The summed E-state index contributed by atoms with van der Waals surface area (Å²) in [5.41, 5.74) is 2.13. The maximum atomic E-state index is 12.9. The summed E-state index contributed by atoms with van der Waals surface area (Å²) in [6.07, 6.45) is 3.26. The zero-order valence-corrected chi connectivity index (χ0v) is 15.9. The van der Waals surface area contributed by atoms with E-state index in [1.54, 1.807) is 49.8 Å². The number of carbonyl (C=O) groups is 2. The molecule has 2 heterocycles. The fraction of sp³-hybridized carbons (Fsp3) is 0.158. The lowest BCUT2D eigenvalue weighted by atomic mass is 10.2. The molecular weight excluding hydrogens is 364 g/mol. The fourth-order valence-corrected chi connectivity index (χ4v) is 3.30. The molecule has 1 aromatic carbocycles. The number of amides is 1. The van der Waals surface area contributed by atoms with Crippen molar-refractivity contribution in [2.24, 2.45) is 0 Å². The summed E-state index contributed by atoms with van der Waals surface area (Å²) in [5.74, 6) is -0.662. The Balaban J connectivity index is 1.88. The number of thiazole rings is 1. The Morgan fingerprint density at radius 3 is 2.63 bits per heavy atom. The van der Waals surface area contributed by atoms with Crippen molar-refractivity contribution in [2.75, 3.05) is 24.4 Å². The summed E-state index contributed by atoms with van der Waals surface area (Å²) in [6, 6.07) is 10.4. The molecule has 7 nitrogen and oxygen atoms in total. The predicted molar refractivity (Wildman–Crippen MR) is 105 cm³/mol. The number of hydrogen-bond donors (Lipinski definition) is 1. The Bertz CT molecular complexity index is 972. The SMILES string of the molecule is COC(=O)c1cccc(Nc2sc(C)nc2C(=O)N(C)c2ccncc2)c1. The monoisotopic (exact) mass is 382 g/mol. The van der Waals surface area contributed by atoms with Crippen molar-refractivity contribution in [2.45, 2.75) is 6.92 Å². The molecule has 0 aliphatic heterocycles. The first-order valence-corrected chi connectivity index (χ1v) is 8.92. The minimum absolute atomic E-state index is 0.239. The van der Waals surface area contributed by atoms with Crippen molar-refractivity contribution >= 4 is 39.6 Å². The van der Waals surface area contributed by atoms with Gasteiger partial charge in [0.25, 0.3) is 5.91 Å². The average Bonchev–Trinajstić information content (AvgIpc) is 3.07. The lowest BCUT2D eigenvalue weighted by molar-refractivity contribution is 0.0600. The van der Waals surface area contributed by atoms with Crippen molar-refractivity contribution in [3.8, 4) is 0 Å². The minimum Gasteiger partial charge on any atom is -0.465 e. The molecule has 0 unspecified atom stereocenters. The predicted octanol–water partition coefficient (Wildman–Crippen LogP) is 3.65. The first-order valence-electron chi connectivity index (χ1n) is 8.10. The van der Waals surface area contributed by atoms with Crippen molar-refractivity contribution < 1.29 is 14.3 Å². The second-order valence-electron chi connectivity index (χ2n) is 5.68. The van der Waals surface area contributed by atoms with Crippen LogP contribution in [-0.2, 0) is 4.74 Å². The zero-order valence-electron chi connectivity index (χ0n) is 15.1. The van der Waals surface area contributed by atoms with Crippen molar-refractivity contribution in [1.29, 1.82) is 0 Å². The number of aryl methyl sites for hydroxylation is 1. The van der Waals surface area contributed by atoms with Gasteiger partial charge in [0.1, 0.15) is 5.00 Å². The molecule has 3 rings (SSSR count). The van der Waals surface area contributed by atoms with Gasteiger partial charge in [0.15, 0.2) is 5.69 Å². The largest absolute Gasteiger partial charge is 0.465 e. The smallest absolute Gasteiger partial charge is 0.337 e. The zero-order chi connectivity index (χ0) is 19.4. The Labute approximate surface area is 160 Å². The lowest BCUT2D eigenvalue weighted by Crippen LogP contribution is -2.27. The highest BCUT2D eigenvalue weighted by Gasteiger charge is 2.22. The number of nitrogens with zero attached hydrogens (tertiary/aromatic N) is 3. The molecular formula is C19H18N4O3S. The Morgan fingerprint density at radius 2 is 1.93 bits per heavy atom. The molecule has 1 amide bonds. The van der Waals surface area contributed by atoms with Gasteiger partial charge in [-0.3, -0.25) is 9.78 Å². The number of methoxy groups -OCH3 is 1. The van der Waals surface area contributed by atoms with E-state index in [1.807, 2.05) is 13.0 Å². The second-order valence-corrected chi connectivity index (χ2v) is 6.88. The number of benzene rings is 1. The number of ether oxygens (including phenoxy) is 1. The maximum Gasteiger partial charge on any atom is 0.337 e. The normalized spacial score (nSPS) is 10.3. The van der Waals surface area contributed by atoms with Gasteiger partial charge in [0.2, 0.25) is 0 Å². The van der Waals surface area contributed by atoms with Gasteiger partial charge >= 0.3 is 5.97 Å². The van der Waals surface area contributed by atoms with Gasteiger partial charge in [-0.2, -0.15) is 0 Å². The van der Waals surface area contributed by atoms with Gasteiger partial charge in [-0.1, -0.05) is 6.07 Å². The highest BCUT2D eigenvalue weighted by Crippen LogP contribution is 2.30. The molecule has 0 fully saturated rings. The molecule has 138 valence electrons. The summed E-state index contributed by atoms with van der Waals surface area (Å²) < 4.78 is 4.75. The van der Waals surface area contributed by atoms with Crippen LogP contribution in [0.2, 0.25) is 0 Å². The van der Waals surface area contributed by atoms with Gasteiger partial charge in [-0.25, -0.2) is 9.78 Å². The van der Waals surface area contributed by atoms with Crippen LogP contribution in [-0.4, -0.2) is 36.0 Å². The first kappa shape index (κ1) is 18.5. The van der Waals surface area contributed by atoms with E-state index in [-0.39, 0.29) is 5.91 Å². The third kappa shape index (κ3) is 4.12. The van der Waals surface area contributed by atoms with E-state index in [1.165, 1.54) is 23.3 Å². The Morgan fingerprint density at radius 1 is 1.19 bits per heavy atom. The quantitative estimate of drug-likeness (QED) is 0.678. The number of pyridine rings is 1. The van der Waals surface area contributed by atoms with Crippen molar-refractivity contribution in [1.82, 2.24) is 9.97 Å². The van der Waals surface area contributed by atoms with Crippen LogP contribution in [0.1, 0.15) is 25.9 Å². The molecule has 0 atom stereocenters. The van der Waals surface area contributed by atoms with Gasteiger partial charge in [0, 0.05) is 30.8 Å². The molecule has 1 N–H and O–H groups in total. The first-order chi connectivity index (χ1) is 13.0. The number of nitrogens with one attached hydrogen (secondary N) is 1. The van der Waals surface area contributed by atoms with Gasteiger partial charge in [0.05, 0.1) is 17.7 Å². The number of hydrogen-bond acceptors (Lipinski definition) is 7. The molecule has 0 radical (unpaired) electrons. The Hall–Kier alpha value is -3.26. The van der Waals surface area contributed by atoms with Crippen LogP contribution in [0.15, 0.2) is 48.8 Å². The molecule has 2 aromatic heterocycles. The summed E-state index contributed by atoms with van der Waals surface area (Å²) in [4.78, 5) is 34.5. The highest BCUT2D eigenvalue weighted by atomic mass is 32.1. The van der Waals surface area contributed by atoms with Gasteiger partial charge in [-0.05, 0) is 37.3 Å². The van der Waals surface area contributed by atoms with Gasteiger partial charge in [-0.15, -0.1) is 11.3 Å². The number of anilines is 3. The molecule has 0 aliphatic carbocycles. The number of carbonyl (C=O) groups excluding carboxylic acids is 2. The molecule has 3 aromatic rings. The summed E-state index contributed by atoms with van der Waals surface area (Å²) in [5, 5.41) is 4.56. The van der Waals surface area contributed by atoms with Crippen LogP contribution in [0.4, 0.5) is 16.4 Å². The van der Waals surface area contributed by atoms with Crippen LogP contribution in [0.3, 0.4) is 0 Å². The summed E-state index contributed by atoms with van der Waals surface area (Å²) in [6.45, 7) is 1.84. The van der Waals surface area contributed by atoms with E-state index >= 15 is 0 Å². The average molecular weight is 382 g/mol. The van der Waals surface area contributed by atoms with Crippen LogP contribution in [0.25, 0.3) is 0 Å². The summed E-state index contributed by atoms with van der Waals surface area (Å²) in [7, 11) is 3.02. The molecule has 8 heteroatoms. The topological polar surface area (TPSA) is 84.4 Å². The van der Waals surface area contributed by atoms with Crippen molar-refractivity contribution in [3.05, 3.63) is 65.1 Å². The van der Waals surface area contributed by atoms with Crippen LogP contribution in [0, 0.1) is 6.92 Å². The molecule has 0 saturated carbocycles. The Kier molecular flexibility index (Phi) is 5.46. The van der Waals surface area contributed by atoms with E-state index < -0.39 is 5.97 Å². The third-order valence-electron chi connectivity index (χ3n) is 3.83. The number of esters is 1. The van der Waals surface area contributed by atoms with E-state index in [0.717, 1.165) is 10.7 Å². The maximum absolute atomic E-state index is 12.9. The van der Waals surface area contributed by atoms with E-state index in [4.69, 9.17) is 4.74 Å². The molecule has 0 spiro atoms. The third-order valence-corrected chi connectivity index (χ3v) is 4.72. The fourth-order valence-electron chi connectivity index (χ4n) is 2.47. The van der Waals surface area contributed by atoms with Crippen LogP contribution in [0.5, 0.6) is 0 Å². The molecule has 0 aliphatic rings. The minimum atomic E-state index is -0.423. The van der Waals surface area contributed by atoms with E-state index in [9.17, 15) is 9.59 Å². The summed E-state index contributed by atoms with van der Waals surface area (Å²) >= 11 is 1.37. The van der Waals surface area contributed by atoms with E-state index in [2.05, 4.69) is 15.3 Å². The lowest BCUT2D eigenvalue weighted by Gasteiger charge is -2.16. The second kappa shape index (κ2) is 7.96. The van der Waals surface area contributed by atoms with Gasteiger partial charge < -0.3 is 15.0 Å². The van der Waals surface area contributed by atoms with Crippen LogP contribution < -0.4 is 10.2 Å². The number of rotatable bonds is 5. The molecule has 27 heavy (non-hydrogen) atoms. The highest BCUT2D eigenvalue weighted by molar-refractivity contribution is 7.16. The van der Waals surface area contributed by atoms with Crippen molar-refractivity contribution in [3.63, 3.8) is 0 Å². The molecule has 0 saturated heterocycles. The van der Waals surface area contributed by atoms with Crippen LogP contribution >= 0.6 is 11.3 Å².